The summed E-state index contributed by atoms with van der Waals surface area (Å²) in [5.74, 6) is 0. The van der Waals surface area contributed by atoms with Gasteiger partial charge in [0, 0.05) is 0 Å². The highest BCUT2D eigenvalue weighted by atomic mass is 32.2. The molecule has 4 heteroatoms. The van der Waals surface area contributed by atoms with Gasteiger partial charge in [0.25, 0.3) is 0 Å². The predicted molar refractivity (Wildman–Crippen MR) is 107 cm³/mol. The van der Waals surface area contributed by atoms with E-state index >= 15 is 0 Å². The lowest BCUT2D eigenvalue weighted by molar-refractivity contribution is 0.222. The van der Waals surface area contributed by atoms with Crippen LogP contribution in [-0.4, -0.2) is 16.7 Å². The molecule has 0 spiro atoms. The molecule has 0 atom stereocenters. The maximum Gasteiger partial charge on any atom is 0.364 e. The molecule has 3 aromatic rings. The van der Waals surface area contributed by atoms with Crippen LogP contribution in [0.25, 0.3) is 0 Å². The average molecular weight is 354 g/mol. The van der Waals surface area contributed by atoms with Crippen molar-refractivity contribution in [2.75, 3.05) is 6.26 Å². The van der Waals surface area contributed by atoms with Crippen LogP contribution in [0.2, 0.25) is 0 Å². The van der Waals surface area contributed by atoms with Crippen molar-refractivity contribution < 1.29 is 9.90 Å². The first-order valence-corrected chi connectivity index (χ1v) is 10.0. The second kappa shape index (κ2) is 9.92. The zero-order chi connectivity index (χ0) is 17.2. The van der Waals surface area contributed by atoms with E-state index in [0.29, 0.717) is 0 Å². The number of rotatable bonds is 3. The van der Waals surface area contributed by atoms with Crippen LogP contribution >= 0.6 is 19.7 Å². The highest BCUT2D eigenvalue weighted by Crippen LogP contribution is 2.32. The number of thioether (sulfide) groups is 1. The van der Waals surface area contributed by atoms with Crippen molar-refractivity contribution in [1.29, 1.82) is 0 Å². The topological polar surface area (TPSA) is 37.3 Å². The SMILES string of the molecule is CSC(=O)O.c1ccc(P(c2ccccc2)c2ccccc2)cc1. The Morgan fingerprint density at radius 2 is 0.958 bits per heavy atom. The van der Waals surface area contributed by atoms with Crippen LogP contribution in [0.15, 0.2) is 91.0 Å². The highest BCUT2D eigenvalue weighted by Gasteiger charge is 2.14. The maximum absolute atomic E-state index is 9.33. The van der Waals surface area contributed by atoms with Crippen LogP contribution in [0.5, 0.6) is 0 Å². The largest absolute Gasteiger partial charge is 0.473 e. The van der Waals surface area contributed by atoms with Crippen LogP contribution in [0.4, 0.5) is 4.79 Å². The van der Waals surface area contributed by atoms with E-state index in [1.54, 1.807) is 0 Å². The molecule has 0 saturated carbocycles. The van der Waals surface area contributed by atoms with Gasteiger partial charge in [-0.3, -0.25) is 0 Å². The van der Waals surface area contributed by atoms with Gasteiger partial charge in [0.2, 0.25) is 0 Å². The summed E-state index contributed by atoms with van der Waals surface area (Å²) in [6, 6.07) is 32.3. The first-order chi connectivity index (χ1) is 11.7. The Morgan fingerprint density at radius 1 is 0.708 bits per heavy atom. The summed E-state index contributed by atoms with van der Waals surface area (Å²) in [4.78, 5) is 9.33. The quantitative estimate of drug-likeness (QED) is 0.705. The zero-order valence-corrected chi connectivity index (χ0v) is 15.1. The third kappa shape index (κ3) is 5.52. The standard InChI is InChI=1S/C18H15P.C2H4O2S/c1-4-10-16(11-5-1)19(17-12-6-2-7-13-17)18-14-8-3-9-15-18;1-5-2(3)4/h1-15H;1H3,(H,3,4). The lowest BCUT2D eigenvalue weighted by Gasteiger charge is -2.18. The smallest absolute Gasteiger partial charge is 0.364 e. The molecule has 3 rings (SSSR count). The van der Waals surface area contributed by atoms with Gasteiger partial charge in [-0.2, -0.15) is 0 Å². The van der Waals surface area contributed by atoms with Gasteiger partial charge in [-0.25, -0.2) is 4.79 Å². The first-order valence-electron chi connectivity index (χ1n) is 7.44. The van der Waals surface area contributed by atoms with Gasteiger partial charge in [0.1, 0.15) is 0 Å². The van der Waals surface area contributed by atoms with E-state index in [0.717, 1.165) is 11.8 Å². The molecule has 0 heterocycles. The maximum atomic E-state index is 9.33. The third-order valence-electron chi connectivity index (χ3n) is 3.22. The molecular formula is C20H19O2PS. The molecule has 1 N–H and O–H groups in total. The van der Waals surface area contributed by atoms with Crippen molar-refractivity contribution in [3.8, 4) is 0 Å². The summed E-state index contributed by atoms with van der Waals surface area (Å²) < 4.78 is 0. The number of benzene rings is 3. The van der Waals surface area contributed by atoms with E-state index in [1.165, 1.54) is 22.2 Å². The molecule has 0 amide bonds. The van der Waals surface area contributed by atoms with Crippen molar-refractivity contribution in [3.63, 3.8) is 0 Å². The summed E-state index contributed by atoms with van der Waals surface area (Å²) >= 11 is 0.796. The minimum absolute atomic E-state index is 0.446. The Morgan fingerprint density at radius 3 is 1.17 bits per heavy atom. The molecule has 3 aromatic carbocycles. The molecule has 0 aliphatic carbocycles. The lowest BCUT2D eigenvalue weighted by Crippen LogP contribution is -2.20. The van der Waals surface area contributed by atoms with E-state index in [4.69, 9.17) is 5.11 Å². The van der Waals surface area contributed by atoms with Gasteiger partial charge >= 0.3 is 5.30 Å². The summed E-state index contributed by atoms with van der Waals surface area (Å²) in [5, 5.41) is 11.1. The van der Waals surface area contributed by atoms with E-state index in [1.807, 2.05) is 0 Å². The summed E-state index contributed by atoms with van der Waals surface area (Å²) in [7, 11) is -0.446. The molecule has 2 nitrogen and oxygen atoms in total. The molecule has 24 heavy (non-hydrogen) atoms. The number of hydrogen-bond donors (Lipinski definition) is 1. The van der Waals surface area contributed by atoms with Crippen molar-refractivity contribution in [1.82, 2.24) is 0 Å². The highest BCUT2D eigenvalue weighted by molar-refractivity contribution is 8.12. The second-order valence-corrected chi connectivity index (χ2v) is 7.79. The van der Waals surface area contributed by atoms with Crippen molar-refractivity contribution in [2.45, 2.75) is 0 Å². The molecule has 0 radical (unpaired) electrons. The van der Waals surface area contributed by atoms with Crippen LogP contribution in [0, 0.1) is 0 Å². The second-order valence-electron chi connectivity index (χ2n) is 4.81. The van der Waals surface area contributed by atoms with Crippen molar-refractivity contribution >= 4 is 40.9 Å². The number of carboxylic acid groups (broad SMARTS) is 1. The zero-order valence-electron chi connectivity index (χ0n) is 13.4. The van der Waals surface area contributed by atoms with Gasteiger partial charge < -0.3 is 5.11 Å². The Hall–Kier alpha value is -2.09. The molecule has 0 aromatic heterocycles. The molecule has 0 saturated heterocycles. The normalized spacial score (nSPS) is 9.92. The molecule has 122 valence electrons. The van der Waals surface area contributed by atoms with Crippen LogP contribution < -0.4 is 15.9 Å². The number of carbonyl (C=O) groups is 1. The Kier molecular flexibility index (Phi) is 7.54. The Balaban J connectivity index is 0.000000368. The van der Waals surface area contributed by atoms with E-state index < -0.39 is 13.2 Å². The summed E-state index contributed by atoms with van der Waals surface area (Å²) in [6.45, 7) is 0. The summed E-state index contributed by atoms with van der Waals surface area (Å²) in [6.07, 6.45) is 1.52. The molecule has 0 fully saturated rings. The Labute approximate surface area is 148 Å². The molecule has 0 aliphatic heterocycles. The Bertz CT molecular complexity index is 639. The van der Waals surface area contributed by atoms with E-state index in [-0.39, 0.29) is 0 Å². The van der Waals surface area contributed by atoms with Gasteiger partial charge in [0.15, 0.2) is 0 Å². The van der Waals surface area contributed by atoms with Gasteiger partial charge in [0.05, 0.1) is 0 Å². The fourth-order valence-electron chi connectivity index (χ4n) is 2.18. The fraction of sp³-hybridized carbons (Fsp3) is 0.0500. The van der Waals surface area contributed by atoms with Crippen molar-refractivity contribution in [3.05, 3.63) is 91.0 Å². The van der Waals surface area contributed by atoms with E-state index in [2.05, 4.69) is 91.0 Å². The van der Waals surface area contributed by atoms with Crippen LogP contribution in [0.1, 0.15) is 0 Å². The predicted octanol–water partition coefficient (Wildman–Crippen LogP) is 4.47. The minimum atomic E-state index is -0.829. The molecule has 0 aliphatic rings. The van der Waals surface area contributed by atoms with Crippen LogP contribution in [0.3, 0.4) is 0 Å². The van der Waals surface area contributed by atoms with Gasteiger partial charge in [-0.15, -0.1) is 0 Å². The molecule has 0 bridgehead atoms. The van der Waals surface area contributed by atoms with Gasteiger partial charge in [-0.1, -0.05) is 91.0 Å². The summed E-state index contributed by atoms with van der Waals surface area (Å²) in [5.41, 5.74) is 0. The van der Waals surface area contributed by atoms with E-state index in [9.17, 15) is 4.79 Å². The van der Waals surface area contributed by atoms with Crippen molar-refractivity contribution in [2.24, 2.45) is 0 Å². The molecule has 0 unspecified atom stereocenters. The third-order valence-corrected chi connectivity index (χ3v) is 6.01. The fourth-order valence-corrected chi connectivity index (χ4v) is 4.48. The average Bonchev–Trinajstić information content (AvgIpc) is 2.65. The monoisotopic (exact) mass is 354 g/mol. The minimum Gasteiger partial charge on any atom is -0.473 e. The van der Waals surface area contributed by atoms with Crippen LogP contribution in [-0.2, 0) is 0 Å². The lowest BCUT2D eigenvalue weighted by atomic mass is 10.4. The van der Waals surface area contributed by atoms with Gasteiger partial charge in [-0.05, 0) is 41.9 Å². The first kappa shape index (κ1) is 18.3. The molecular weight excluding hydrogens is 335 g/mol. The number of hydrogen-bond acceptors (Lipinski definition) is 2.